The molecule has 0 saturated heterocycles. The van der Waals surface area contributed by atoms with E-state index in [0.29, 0.717) is 23.6 Å². The van der Waals surface area contributed by atoms with Crippen LogP contribution < -0.4 is 0 Å². The van der Waals surface area contributed by atoms with E-state index in [4.69, 9.17) is 16.3 Å². The van der Waals surface area contributed by atoms with Gasteiger partial charge >= 0.3 is 11.9 Å². The van der Waals surface area contributed by atoms with Gasteiger partial charge in [0, 0.05) is 11.4 Å². The molecule has 0 heterocycles. The van der Waals surface area contributed by atoms with Crippen LogP contribution in [0.5, 0.6) is 0 Å². The van der Waals surface area contributed by atoms with Crippen LogP contribution in [0.4, 0.5) is 0 Å². The summed E-state index contributed by atoms with van der Waals surface area (Å²) in [7, 11) is 1.31. The fourth-order valence-corrected chi connectivity index (χ4v) is 1.77. The van der Waals surface area contributed by atoms with E-state index in [0.717, 1.165) is 5.56 Å². The van der Waals surface area contributed by atoms with Gasteiger partial charge in [-0.1, -0.05) is 11.6 Å². The first-order valence-corrected chi connectivity index (χ1v) is 5.98. The standard InChI is InChI=1S/C13H15ClO4/c1-3-18-12(15)5-4-9-6-10(13(16)17-2)8-11(14)7-9/h6-8H,3-5H2,1-2H3. The molecule has 98 valence electrons. The number of hydrogen-bond donors (Lipinski definition) is 0. The van der Waals surface area contributed by atoms with Crippen molar-refractivity contribution in [3.8, 4) is 0 Å². The number of aryl methyl sites for hydroxylation is 1. The van der Waals surface area contributed by atoms with Crippen molar-refractivity contribution in [2.45, 2.75) is 19.8 Å². The molecule has 4 nitrogen and oxygen atoms in total. The van der Waals surface area contributed by atoms with E-state index in [1.807, 2.05) is 0 Å². The number of esters is 2. The van der Waals surface area contributed by atoms with E-state index < -0.39 is 5.97 Å². The van der Waals surface area contributed by atoms with Crippen molar-refractivity contribution in [3.63, 3.8) is 0 Å². The topological polar surface area (TPSA) is 52.6 Å². The van der Waals surface area contributed by atoms with Gasteiger partial charge in [0.15, 0.2) is 0 Å². The lowest BCUT2D eigenvalue weighted by Gasteiger charge is -2.05. The molecule has 0 spiro atoms. The fourth-order valence-electron chi connectivity index (χ4n) is 1.51. The van der Waals surface area contributed by atoms with Crippen LogP contribution in [0.15, 0.2) is 18.2 Å². The van der Waals surface area contributed by atoms with E-state index in [2.05, 4.69) is 4.74 Å². The molecule has 0 radical (unpaired) electrons. The summed E-state index contributed by atoms with van der Waals surface area (Å²) in [6.45, 7) is 2.12. The first kappa shape index (κ1) is 14.5. The van der Waals surface area contributed by atoms with Gasteiger partial charge < -0.3 is 9.47 Å². The maximum absolute atomic E-state index is 11.4. The predicted octanol–water partition coefficient (Wildman–Crippen LogP) is 2.62. The fraction of sp³-hybridized carbons (Fsp3) is 0.385. The third-order valence-corrected chi connectivity index (χ3v) is 2.52. The van der Waals surface area contributed by atoms with Crippen LogP contribution in [0.25, 0.3) is 0 Å². The zero-order valence-electron chi connectivity index (χ0n) is 10.4. The van der Waals surface area contributed by atoms with Crippen molar-refractivity contribution in [2.24, 2.45) is 0 Å². The second kappa shape index (κ2) is 7.01. The zero-order chi connectivity index (χ0) is 13.5. The highest BCUT2D eigenvalue weighted by Gasteiger charge is 2.09. The third-order valence-electron chi connectivity index (χ3n) is 2.30. The molecule has 0 N–H and O–H groups in total. The van der Waals surface area contributed by atoms with Crippen molar-refractivity contribution < 1.29 is 19.1 Å². The maximum atomic E-state index is 11.4. The Bertz CT molecular complexity index is 443. The summed E-state index contributed by atoms with van der Waals surface area (Å²) in [6.07, 6.45) is 0.734. The molecule has 0 aliphatic rings. The molecular weight excluding hydrogens is 256 g/mol. The SMILES string of the molecule is CCOC(=O)CCc1cc(Cl)cc(C(=O)OC)c1. The Kier molecular flexibility index (Phi) is 5.65. The van der Waals surface area contributed by atoms with Gasteiger partial charge in [-0.2, -0.15) is 0 Å². The van der Waals surface area contributed by atoms with Crippen molar-refractivity contribution >= 4 is 23.5 Å². The summed E-state index contributed by atoms with van der Waals surface area (Å²) in [4.78, 5) is 22.6. The molecule has 0 atom stereocenters. The third kappa shape index (κ3) is 4.37. The minimum Gasteiger partial charge on any atom is -0.466 e. The summed E-state index contributed by atoms with van der Waals surface area (Å²) in [5.74, 6) is -0.716. The summed E-state index contributed by atoms with van der Waals surface area (Å²) >= 11 is 5.90. The molecule has 0 aliphatic carbocycles. The second-order valence-corrected chi connectivity index (χ2v) is 4.08. The van der Waals surface area contributed by atoms with Crippen molar-refractivity contribution in [3.05, 3.63) is 34.3 Å². The van der Waals surface area contributed by atoms with Crippen LogP contribution in [0.1, 0.15) is 29.3 Å². The quantitative estimate of drug-likeness (QED) is 0.772. The minimum absolute atomic E-state index is 0.259. The van der Waals surface area contributed by atoms with Gasteiger partial charge in [0.05, 0.1) is 19.3 Å². The summed E-state index contributed by atoms with van der Waals surface area (Å²) in [5.41, 5.74) is 1.18. The first-order valence-electron chi connectivity index (χ1n) is 5.60. The average Bonchev–Trinajstić information content (AvgIpc) is 2.35. The van der Waals surface area contributed by atoms with Crippen LogP contribution >= 0.6 is 11.6 Å². The van der Waals surface area contributed by atoms with Gasteiger partial charge in [-0.3, -0.25) is 4.79 Å². The van der Waals surface area contributed by atoms with Gasteiger partial charge in [0.2, 0.25) is 0 Å². The molecule has 18 heavy (non-hydrogen) atoms. The molecular formula is C13H15ClO4. The summed E-state index contributed by atoms with van der Waals surface area (Å²) in [6, 6.07) is 4.91. The molecule has 1 rings (SSSR count). The molecule has 0 aliphatic heterocycles. The molecule has 0 saturated carbocycles. The van der Waals surface area contributed by atoms with Crippen molar-refractivity contribution in [2.75, 3.05) is 13.7 Å². The van der Waals surface area contributed by atoms with Crippen LogP contribution in [0.2, 0.25) is 5.02 Å². The smallest absolute Gasteiger partial charge is 0.337 e. The highest BCUT2D eigenvalue weighted by atomic mass is 35.5. The monoisotopic (exact) mass is 270 g/mol. The Morgan fingerprint density at radius 1 is 1.28 bits per heavy atom. The number of hydrogen-bond acceptors (Lipinski definition) is 4. The second-order valence-electron chi connectivity index (χ2n) is 3.64. The highest BCUT2D eigenvalue weighted by Crippen LogP contribution is 2.17. The number of ether oxygens (including phenoxy) is 2. The normalized spacial score (nSPS) is 9.94. The van der Waals surface area contributed by atoms with Crippen LogP contribution in [0, 0.1) is 0 Å². The van der Waals surface area contributed by atoms with Gasteiger partial charge in [-0.05, 0) is 37.1 Å². The number of halogens is 1. The Labute approximate surface area is 111 Å². The number of carbonyl (C=O) groups is 2. The van der Waals surface area contributed by atoms with Gasteiger partial charge in [-0.25, -0.2) is 4.79 Å². The highest BCUT2D eigenvalue weighted by molar-refractivity contribution is 6.31. The first-order chi connectivity index (χ1) is 8.56. The number of rotatable bonds is 5. The van der Waals surface area contributed by atoms with E-state index in [9.17, 15) is 9.59 Å². The molecule has 5 heteroatoms. The number of methoxy groups -OCH3 is 1. The Morgan fingerprint density at radius 3 is 2.61 bits per heavy atom. The average molecular weight is 271 g/mol. The lowest BCUT2D eigenvalue weighted by molar-refractivity contribution is -0.143. The van der Waals surface area contributed by atoms with Crippen molar-refractivity contribution in [1.82, 2.24) is 0 Å². The van der Waals surface area contributed by atoms with Gasteiger partial charge in [-0.15, -0.1) is 0 Å². The molecule has 0 bridgehead atoms. The molecule has 0 amide bonds. The van der Waals surface area contributed by atoms with E-state index >= 15 is 0 Å². The van der Waals surface area contributed by atoms with E-state index in [1.54, 1.807) is 19.1 Å². The number of benzene rings is 1. The zero-order valence-corrected chi connectivity index (χ0v) is 11.1. The lowest BCUT2D eigenvalue weighted by atomic mass is 10.1. The molecule has 0 fully saturated rings. The Balaban J connectivity index is 2.74. The maximum Gasteiger partial charge on any atom is 0.337 e. The summed E-state index contributed by atoms with van der Waals surface area (Å²) < 4.78 is 9.45. The molecule has 0 aromatic heterocycles. The number of carbonyl (C=O) groups excluding carboxylic acids is 2. The van der Waals surface area contributed by atoms with E-state index in [1.165, 1.54) is 13.2 Å². The Morgan fingerprint density at radius 2 is 2.00 bits per heavy atom. The van der Waals surface area contributed by atoms with Crippen molar-refractivity contribution in [1.29, 1.82) is 0 Å². The summed E-state index contributed by atoms with van der Waals surface area (Å²) in [5, 5.41) is 0.441. The largest absolute Gasteiger partial charge is 0.466 e. The van der Waals surface area contributed by atoms with Crippen LogP contribution in [-0.4, -0.2) is 25.7 Å². The lowest BCUT2D eigenvalue weighted by Crippen LogP contribution is -2.06. The van der Waals surface area contributed by atoms with Gasteiger partial charge in [0.25, 0.3) is 0 Å². The van der Waals surface area contributed by atoms with E-state index in [-0.39, 0.29) is 12.4 Å². The van der Waals surface area contributed by atoms with Gasteiger partial charge in [0.1, 0.15) is 0 Å². The molecule has 0 unspecified atom stereocenters. The van der Waals surface area contributed by atoms with Crippen LogP contribution in [0.3, 0.4) is 0 Å². The Hall–Kier alpha value is -1.55. The molecule has 1 aromatic rings. The minimum atomic E-state index is -0.449. The molecule has 1 aromatic carbocycles. The van der Waals surface area contributed by atoms with Crippen LogP contribution in [-0.2, 0) is 20.7 Å². The predicted molar refractivity (Wildman–Crippen MR) is 67.7 cm³/mol.